The summed E-state index contributed by atoms with van der Waals surface area (Å²) >= 11 is 0. The third kappa shape index (κ3) is 5.10. The SMILES string of the molecule is C[C@@H]1CN(c2ccc(CNC(=O)N(C)C[C@@H](C)C#N)cn2)CCO1. The first-order valence-corrected chi connectivity index (χ1v) is 8.19. The van der Waals surface area contributed by atoms with Crippen LogP contribution in [0.4, 0.5) is 10.6 Å². The Morgan fingerprint density at radius 3 is 3.04 bits per heavy atom. The molecule has 0 aromatic carbocycles. The van der Waals surface area contributed by atoms with Crippen molar-refractivity contribution in [2.45, 2.75) is 26.5 Å². The Balaban J connectivity index is 1.83. The third-order valence-corrected chi connectivity index (χ3v) is 3.93. The standard InChI is InChI=1S/C17H25N5O2/c1-13(8-18)11-21(3)17(23)20-10-15-4-5-16(19-9-15)22-6-7-24-14(2)12-22/h4-5,9,13-14H,6-7,10-12H2,1-3H3,(H,20,23)/t13-,14+/m0/s1. The maximum atomic E-state index is 12.0. The Morgan fingerprint density at radius 2 is 2.42 bits per heavy atom. The Labute approximate surface area is 143 Å². The molecule has 2 amide bonds. The smallest absolute Gasteiger partial charge is 0.317 e. The highest BCUT2D eigenvalue weighted by atomic mass is 16.5. The Kier molecular flexibility index (Phi) is 6.38. The van der Waals surface area contributed by atoms with Crippen LogP contribution in [0.3, 0.4) is 0 Å². The minimum atomic E-state index is -0.191. The molecule has 0 saturated carbocycles. The van der Waals surface area contributed by atoms with Crippen LogP contribution in [0.2, 0.25) is 0 Å². The number of carbonyl (C=O) groups is 1. The number of ether oxygens (including phenoxy) is 1. The number of pyridine rings is 1. The number of carbonyl (C=O) groups excluding carboxylic acids is 1. The van der Waals surface area contributed by atoms with E-state index in [1.165, 1.54) is 4.90 Å². The third-order valence-electron chi connectivity index (χ3n) is 3.93. The zero-order valence-electron chi connectivity index (χ0n) is 14.5. The van der Waals surface area contributed by atoms with Crippen LogP contribution in [0, 0.1) is 17.2 Å². The summed E-state index contributed by atoms with van der Waals surface area (Å²) in [5.74, 6) is 0.748. The molecule has 1 N–H and O–H groups in total. The zero-order chi connectivity index (χ0) is 17.5. The maximum Gasteiger partial charge on any atom is 0.317 e. The second-order valence-electron chi connectivity index (χ2n) is 6.22. The van der Waals surface area contributed by atoms with Gasteiger partial charge in [0.05, 0.1) is 24.7 Å². The summed E-state index contributed by atoms with van der Waals surface area (Å²) in [7, 11) is 1.68. The van der Waals surface area contributed by atoms with E-state index >= 15 is 0 Å². The van der Waals surface area contributed by atoms with Gasteiger partial charge in [0.15, 0.2) is 0 Å². The van der Waals surface area contributed by atoms with Crippen LogP contribution in [0.5, 0.6) is 0 Å². The van der Waals surface area contributed by atoms with Crippen molar-refractivity contribution in [3.63, 3.8) is 0 Å². The fourth-order valence-electron chi connectivity index (χ4n) is 2.58. The molecule has 2 rings (SSSR count). The van der Waals surface area contributed by atoms with Crippen LogP contribution in [0.1, 0.15) is 19.4 Å². The van der Waals surface area contributed by atoms with Gasteiger partial charge in [-0.15, -0.1) is 0 Å². The van der Waals surface area contributed by atoms with Gasteiger partial charge in [-0.2, -0.15) is 5.26 Å². The van der Waals surface area contributed by atoms with Crippen molar-refractivity contribution in [3.8, 4) is 6.07 Å². The average molecular weight is 331 g/mol. The largest absolute Gasteiger partial charge is 0.375 e. The molecule has 1 aliphatic heterocycles. The van der Waals surface area contributed by atoms with Gasteiger partial charge < -0.3 is 19.9 Å². The number of urea groups is 1. The number of amides is 2. The summed E-state index contributed by atoms with van der Waals surface area (Å²) in [6, 6.07) is 5.87. The summed E-state index contributed by atoms with van der Waals surface area (Å²) in [6.45, 7) is 7.07. The molecule has 24 heavy (non-hydrogen) atoms. The number of rotatable bonds is 5. The van der Waals surface area contributed by atoms with E-state index in [4.69, 9.17) is 10.00 Å². The first-order valence-electron chi connectivity index (χ1n) is 8.19. The summed E-state index contributed by atoms with van der Waals surface area (Å²) < 4.78 is 5.53. The lowest BCUT2D eigenvalue weighted by Crippen LogP contribution is -2.41. The normalized spacial score (nSPS) is 18.6. The van der Waals surface area contributed by atoms with E-state index in [0.29, 0.717) is 19.7 Å². The Bertz CT molecular complexity index is 584. The van der Waals surface area contributed by atoms with E-state index < -0.39 is 0 Å². The zero-order valence-corrected chi connectivity index (χ0v) is 14.5. The lowest BCUT2D eigenvalue weighted by Gasteiger charge is -2.32. The molecule has 1 fully saturated rings. The number of nitriles is 1. The first kappa shape index (κ1) is 18.0. The van der Waals surface area contributed by atoms with Crippen molar-refractivity contribution >= 4 is 11.8 Å². The second kappa shape index (κ2) is 8.50. The highest BCUT2D eigenvalue weighted by molar-refractivity contribution is 5.73. The van der Waals surface area contributed by atoms with Crippen molar-refractivity contribution in [2.24, 2.45) is 5.92 Å². The molecule has 7 nitrogen and oxygen atoms in total. The minimum Gasteiger partial charge on any atom is -0.375 e. The van der Waals surface area contributed by atoms with Gasteiger partial charge in [-0.3, -0.25) is 0 Å². The lowest BCUT2D eigenvalue weighted by atomic mass is 10.2. The van der Waals surface area contributed by atoms with Crippen molar-refractivity contribution in [1.82, 2.24) is 15.2 Å². The molecule has 7 heteroatoms. The van der Waals surface area contributed by atoms with Crippen molar-refractivity contribution in [2.75, 3.05) is 38.2 Å². The van der Waals surface area contributed by atoms with Crippen molar-refractivity contribution in [3.05, 3.63) is 23.9 Å². The van der Waals surface area contributed by atoms with Gasteiger partial charge in [0.2, 0.25) is 0 Å². The van der Waals surface area contributed by atoms with Crippen molar-refractivity contribution < 1.29 is 9.53 Å². The van der Waals surface area contributed by atoms with E-state index in [1.54, 1.807) is 20.2 Å². The van der Waals surface area contributed by atoms with E-state index in [9.17, 15) is 4.79 Å². The van der Waals surface area contributed by atoms with Gasteiger partial charge >= 0.3 is 6.03 Å². The highest BCUT2D eigenvalue weighted by Crippen LogP contribution is 2.15. The van der Waals surface area contributed by atoms with Gasteiger partial charge in [0.1, 0.15) is 5.82 Å². The first-order chi connectivity index (χ1) is 11.5. The molecule has 2 heterocycles. The predicted octanol–water partition coefficient (Wildman–Crippen LogP) is 1.61. The number of hydrogen-bond donors (Lipinski definition) is 1. The molecule has 1 aromatic rings. The summed E-state index contributed by atoms with van der Waals surface area (Å²) in [4.78, 5) is 20.2. The number of hydrogen-bond acceptors (Lipinski definition) is 5. The van der Waals surface area contributed by atoms with E-state index in [-0.39, 0.29) is 18.1 Å². The van der Waals surface area contributed by atoms with Crippen LogP contribution in [0.15, 0.2) is 18.3 Å². The minimum absolute atomic E-state index is 0.183. The van der Waals surface area contributed by atoms with Crippen molar-refractivity contribution in [1.29, 1.82) is 5.26 Å². The number of nitrogens with one attached hydrogen (secondary N) is 1. The predicted molar refractivity (Wildman–Crippen MR) is 91.5 cm³/mol. The fourth-order valence-corrected chi connectivity index (χ4v) is 2.58. The van der Waals surface area contributed by atoms with E-state index in [0.717, 1.165) is 24.5 Å². The molecule has 0 bridgehead atoms. The highest BCUT2D eigenvalue weighted by Gasteiger charge is 2.17. The molecule has 130 valence electrons. The monoisotopic (exact) mass is 331 g/mol. The second-order valence-corrected chi connectivity index (χ2v) is 6.22. The van der Waals surface area contributed by atoms with E-state index in [1.807, 2.05) is 12.1 Å². The van der Waals surface area contributed by atoms with Gasteiger partial charge in [-0.25, -0.2) is 9.78 Å². The van der Waals surface area contributed by atoms with Crippen LogP contribution in [-0.4, -0.2) is 55.3 Å². The quantitative estimate of drug-likeness (QED) is 0.886. The van der Waals surface area contributed by atoms with Crippen LogP contribution in [-0.2, 0) is 11.3 Å². The number of nitrogens with zero attached hydrogens (tertiary/aromatic N) is 4. The number of anilines is 1. The molecule has 0 radical (unpaired) electrons. The average Bonchev–Trinajstić information content (AvgIpc) is 2.59. The summed E-state index contributed by atoms with van der Waals surface area (Å²) in [6.07, 6.45) is 2.00. The topological polar surface area (TPSA) is 81.5 Å². The number of aromatic nitrogens is 1. The molecule has 0 spiro atoms. The maximum absolute atomic E-state index is 12.0. The number of morpholine rings is 1. The van der Waals surface area contributed by atoms with Crippen LogP contribution >= 0.6 is 0 Å². The van der Waals surface area contributed by atoms with Crippen LogP contribution < -0.4 is 10.2 Å². The molecular formula is C17H25N5O2. The molecular weight excluding hydrogens is 306 g/mol. The Morgan fingerprint density at radius 1 is 1.62 bits per heavy atom. The fraction of sp³-hybridized carbons (Fsp3) is 0.588. The van der Waals surface area contributed by atoms with E-state index in [2.05, 4.69) is 28.2 Å². The van der Waals surface area contributed by atoms with Gasteiger partial charge in [-0.05, 0) is 25.5 Å². The van der Waals surface area contributed by atoms with Gasteiger partial charge in [0, 0.05) is 39.4 Å². The Hall–Kier alpha value is -2.33. The molecule has 0 unspecified atom stereocenters. The molecule has 1 aliphatic rings. The molecule has 0 aliphatic carbocycles. The molecule has 1 aromatic heterocycles. The van der Waals surface area contributed by atoms with Crippen LogP contribution in [0.25, 0.3) is 0 Å². The summed E-state index contributed by atoms with van der Waals surface area (Å²) in [5, 5.41) is 11.6. The van der Waals surface area contributed by atoms with Gasteiger partial charge in [-0.1, -0.05) is 6.07 Å². The molecule has 2 atom stereocenters. The summed E-state index contributed by atoms with van der Waals surface area (Å²) in [5.41, 5.74) is 0.940. The lowest BCUT2D eigenvalue weighted by molar-refractivity contribution is 0.0529. The van der Waals surface area contributed by atoms with Gasteiger partial charge in [0.25, 0.3) is 0 Å². The molecule has 1 saturated heterocycles.